The summed E-state index contributed by atoms with van der Waals surface area (Å²) >= 11 is 0. The first kappa shape index (κ1) is 7.10. The third-order valence-electron chi connectivity index (χ3n) is 0.902. The van der Waals surface area contributed by atoms with Crippen molar-refractivity contribution in [1.29, 1.82) is 0 Å². The minimum Gasteiger partial charge on any atom is -0.365 e. The molecule has 0 spiro atoms. The average Bonchev–Trinajstić information content (AvgIpc) is 1.88. The van der Waals surface area contributed by atoms with Crippen molar-refractivity contribution in [3.63, 3.8) is 0 Å². The van der Waals surface area contributed by atoms with E-state index >= 15 is 0 Å². The zero-order valence-corrected chi connectivity index (χ0v) is 5.75. The molecule has 0 aliphatic carbocycles. The second-order valence-corrected chi connectivity index (χ2v) is 2.92. The van der Waals surface area contributed by atoms with Gasteiger partial charge in [0.2, 0.25) is 0 Å². The average molecular weight is 162 g/mol. The lowest BCUT2D eigenvalue weighted by Gasteiger charge is -2.12. The highest BCUT2D eigenvalue weighted by molar-refractivity contribution is 7.83. The van der Waals surface area contributed by atoms with Crippen LogP contribution in [0.1, 0.15) is 0 Å². The monoisotopic (exact) mass is 162 g/mol. The van der Waals surface area contributed by atoms with Gasteiger partial charge in [0.15, 0.2) is 0 Å². The van der Waals surface area contributed by atoms with Crippen LogP contribution in [0.2, 0.25) is 0 Å². The summed E-state index contributed by atoms with van der Waals surface area (Å²) in [7, 11) is -4.11. The molecule has 0 amide bonds. The van der Waals surface area contributed by atoms with Crippen LogP contribution >= 0.6 is 0 Å². The van der Waals surface area contributed by atoms with Crippen LogP contribution < -0.4 is 5.32 Å². The van der Waals surface area contributed by atoms with E-state index in [-0.39, 0.29) is 0 Å². The fraction of sp³-hybridized carbons (Fsp3) is 0. The number of nitrogens with zero attached hydrogens (tertiary/aromatic N) is 1. The maximum absolute atomic E-state index is 10.3. The molecule has 1 aliphatic rings. The van der Waals surface area contributed by atoms with E-state index in [0.717, 1.165) is 0 Å². The van der Waals surface area contributed by atoms with Crippen LogP contribution in [0.3, 0.4) is 0 Å². The summed E-state index contributed by atoms with van der Waals surface area (Å²) in [6.07, 6.45) is 5.15. The molecule has 1 aliphatic heterocycles. The molecule has 2 N–H and O–H groups in total. The van der Waals surface area contributed by atoms with E-state index < -0.39 is 10.3 Å². The van der Waals surface area contributed by atoms with Gasteiger partial charge in [-0.3, -0.25) is 4.55 Å². The Morgan fingerprint density at radius 1 is 1.30 bits per heavy atom. The van der Waals surface area contributed by atoms with Crippen LogP contribution in [-0.4, -0.2) is 17.3 Å². The standard InChI is InChI=1S/C4H6N2O3S/c7-10(8,9)6-3-1-5-2-4-6/h1-5H,(H,7,8,9). The summed E-state index contributed by atoms with van der Waals surface area (Å²) in [5.41, 5.74) is 0. The van der Waals surface area contributed by atoms with Crippen LogP contribution in [0.4, 0.5) is 0 Å². The Morgan fingerprint density at radius 3 is 2.10 bits per heavy atom. The third kappa shape index (κ3) is 1.49. The van der Waals surface area contributed by atoms with Crippen LogP contribution in [0.5, 0.6) is 0 Å². The summed E-state index contributed by atoms with van der Waals surface area (Å²) in [6.45, 7) is 0. The van der Waals surface area contributed by atoms with Crippen molar-refractivity contribution in [2.75, 3.05) is 0 Å². The highest BCUT2D eigenvalue weighted by Crippen LogP contribution is 2.00. The molecule has 0 aromatic rings. The summed E-state index contributed by atoms with van der Waals surface area (Å²) < 4.78 is 29.8. The highest BCUT2D eigenvalue weighted by atomic mass is 32.2. The highest BCUT2D eigenvalue weighted by Gasteiger charge is 2.11. The molecule has 0 fully saturated rings. The zero-order valence-electron chi connectivity index (χ0n) is 4.93. The Morgan fingerprint density at radius 2 is 1.80 bits per heavy atom. The van der Waals surface area contributed by atoms with Gasteiger partial charge in [0.25, 0.3) is 0 Å². The molecule has 1 rings (SSSR count). The number of hydrogen-bond acceptors (Lipinski definition) is 3. The molecular weight excluding hydrogens is 156 g/mol. The predicted octanol–water partition coefficient (Wildman–Crippen LogP) is -0.363. The van der Waals surface area contributed by atoms with Crippen LogP contribution in [0.15, 0.2) is 24.8 Å². The van der Waals surface area contributed by atoms with E-state index in [1.165, 1.54) is 24.8 Å². The molecule has 0 unspecified atom stereocenters. The number of rotatable bonds is 1. The van der Waals surface area contributed by atoms with Crippen molar-refractivity contribution in [3.8, 4) is 0 Å². The molecule has 0 aromatic heterocycles. The van der Waals surface area contributed by atoms with E-state index in [1.807, 2.05) is 0 Å². The first-order valence-corrected chi connectivity index (χ1v) is 3.86. The molecule has 1 heterocycles. The maximum atomic E-state index is 10.3. The van der Waals surface area contributed by atoms with E-state index in [0.29, 0.717) is 4.31 Å². The normalized spacial score (nSPS) is 17.1. The van der Waals surface area contributed by atoms with E-state index in [9.17, 15) is 8.42 Å². The zero-order chi connectivity index (χ0) is 7.61. The molecule has 0 atom stereocenters. The minimum atomic E-state index is -4.11. The Balaban J connectivity index is 2.84. The van der Waals surface area contributed by atoms with Gasteiger partial charge in [0, 0.05) is 24.8 Å². The molecular formula is C4H6N2O3S. The Labute approximate surface area is 58.5 Å². The fourth-order valence-electron chi connectivity index (χ4n) is 0.492. The lowest BCUT2D eigenvalue weighted by atomic mass is 10.7. The molecule has 56 valence electrons. The van der Waals surface area contributed by atoms with Crippen molar-refractivity contribution in [3.05, 3.63) is 24.8 Å². The van der Waals surface area contributed by atoms with Gasteiger partial charge >= 0.3 is 10.3 Å². The topological polar surface area (TPSA) is 69.6 Å². The second-order valence-electron chi connectivity index (χ2n) is 1.61. The fourth-order valence-corrected chi connectivity index (χ4v) is 0.921. The van der Waals surface area contributed by atoms with Gasteiger partial charge in [0.05, 0.1) is 0 Å². The van der Waals surface area contributed by atoms with E-state index in [2.05, 4.69) is 5.32 Å². The van der Waals surface area contributed by atoms with Crippen LogP contribution in [0, 0.1) is 0 Å². The van der Waals surface area contributed by atoms with Crippen molar-refractivity contribution in [1.82, 2.24) is 9.62 Å². The van der Waals surface area contributed by atoms with E-state index in [4.69, 9.17) is 4.55 Å². The lowest BCUT2D eigenvalue weighted by molar-refractivity contribution is 0.437. The predicted molar refractivity (Wildman–Crippen MR) is 34.8 cm³/mol. The van der Waals surface area contributed by atoms with Crippen LogP contribution in [-0.2, 0) is 10.3 Å². The smallest absolute Gasteiger partial charge is 0.363 e. The van der Waals surface area contributed by atoms with Gasteiger partial charge in [0.1, 0.15) is 0 Å². The summed E-state index contributed by atoms with van der Waals surface area (Å²) in [5, 5.41) is 2.61. The lowest BCUT2D eigenvalue weighted by Crippen LogP contribution is -2.22. The Hall–Kier alpha value is -1.01. The number of hydrogen-bond donors (Lipinski definition) is 2. The molecule has 0 aromatic carbocycles. The van der Waals surface area contributed by atoms with Gasteiger partial charge < -0.3 is 5.32 Å². The molecule has 0 bridgehead atoms. The molecule has 5 nitrogen and oxygen atoms in total. The van der Waals surface area contributed by atoms with Crippen molar-refractivity contribution in [2.24, 2.45) is 0 Å². The summed E-state index contributed by atoms with van der Waals surface area (Å²) in [6, 6.07) is 0. The van der Waals surface area contributed by atoms with Crippen molar-refractivity contribution >= 4 is 10.3 Å². The molecule has 10 heavy (non-hydrogen) atoms. The van der Waals surface area contributed by atoms with Crippen LogP contribution in [0.25, 0.3) is 0 Å². The van der Waals surface area contributed by atoms with Gasteiger partial charge in [-0.15, -0.1) is 0 Å². The van der Waals surface area contributed by atoms with Gasteiger partial charge in [-0.1, -0.05) is 0 Å². The van der Waals surface area contributed by atoms with Crippen molar-refractivity contribution < 1.29 is 13.0 Å². The van der Waals surface area contributed by atoms with Gasteiger partial charge in [-0.2, -0.15) is 8.42 Å². The molecule has 0 saturated heterocycles. The minimum absolute atomic E-state index is 0.684. The molecule has 6 heteroatoms. The Bertz CT molecular complexity index is 254. The SMILES string of the molecule is O=S(=O)(O)N1C=CNC=C1. The van der Waals surface area contributed by atoms with Gasteiger partial charge in [-0.25, -0.2) is 4.31 Å². The van der Waals surface area contributed by atoms with Gasteiger partial charge in [-0.05, 0) is 0 Å². The molecule has 0 saturated carbocycles. The summed E-state index contributed by atoms with van der Waals surface area (Å²) in [4.78, 5) is 0. The summed E-state index contributed by atoms with van der Waals surface area (Å²) in [5.74, 6) is 0. The first-order chi connectivity index (χ1) is 4.61. The largest absolute Gasteiger partial charge is 0.365 e. The third-order valence-corrected chi connectivity index (χ3v) is 1.68. The van der Waals surface area contributed by atoms with E-state index in [1.54, 1.807) is 0 Å². The molecule has 0 radical (unpaired) electrons. The quantitative estimate of drug-likeness (QED) is 0.516. The van der Waals surface area contributed by atoms with Crippen molar-refractivity contribution in [2.45, 2.75) is 0 Å². The maximum Gasteiger partial charge on any atom is 0.363 e. The first-order valence-electron chi connectivity index (χ1n) is 2.46. The Kier molecular flexibility index (Phi) is 1.64. The second kappa shape index (κ2) is 2.31. The number of nitrogens with one attached hydrogen (secondary N) is 1.